The van der Waals surface area contributed by atoms with Crippen molar-refractivity contribution in [3.8, 4) is 11.5 Å². The zero-order valence-electron chi connectivity index (χ0n) is 14.3. The number of hydrogen-bond donors (Lipinski definition) is 2. The Balaban J connectivity index is 1.62. The average Bonchev–Trinajstić information content (AvgIpc) is 3.09. The number of nitrogens with zero attached hydrogens (tertiary/aromatic N) is 1. The summed E-state index contributed by atoms with van der Waals surface area (Å²) in [7, 11) is 3.47. The van der Waals surface area contributed by atoms with Crippen molar-refractivity contribution in [2.45, 2.75) is 6.54 Å². The van der Waals surface area contributed by atoms with Crippen LogP contribution >= 0.6 is 0 Å². The van der Waals surface area contributed by atoms with Gasteiger partial charge < -0.3 is 19.9 Å². The molecule has 1 aromatic heterocycles. The van der Waals surface area contributed by atoms with E-state index in [0.29, 0.717) is 12.2 Å². The van der Waals surface area contributed by atoms with Crippen molar-refractivity contribution >= 4 is 11.6 Å². The lowest BCUT2D eigenvalue weighted by atomic mass is 10.3. The standard InChI is InChI=1S/C20H21N3O2/c1-23(2)20(24)19-12-11-16(22-19)14-21-15-7-6-10-18(13-15)25-17-8-4-3-5-9-17/h3-13,21-22H,14H2,1-2H3. The number of amides is 1. The van der Waals surface area contributed by atoms with Crippen molar-refractivity contribution < 1.29 is 9.53 Å². The topological polar surface area (TPSA) is 57.4 Å². The molecular weight excluding hydrogens is 314 g/mol. The molecule has 5 heteroatoms. The van der Waals surface area contributed by atoms with E-state index >= 15 is 0 Å². The van der Waals surface area contributed by atoms with Crippen molar-refractivity contribution in [2.75, 3.05) is 19.4 Å². The van der Waals surface area contributed by atoms with Gasteiger partial charge in [0.1, 0.15) is 17.2 Å². The lowest BCUT2D eigenvalue weighted by Crippen LogP contribution is -2.22. The molecule has 0 aliphatic carbocycles. The summed E-state index contributed by atoms with van der Waals surface area (Å²) in [6.45, 7) is 0.593. The second-order valence-electron chi connectivity index (χ2n) is 5.89. The van der Waals surface area contributed by atoms with Crippen molar-refractivity contribution in [3.05, 3.63) is 78.1 Å². The fourth-order valence-corrected chi connectivity index (χ4v) is 2.40. The minimum absolute atomic E-state index is 0.0375. The molecule has 25 heavy (non-hydrogen) atoms. The molecule has 3 aromatic rings. The highest BCUT2D eigenvalue weighted by atomic mass is 16.5. The molecule has 0 fully saturated rings. The van der Waals surface area contributed by atoms with Crippen LogP contribution in [0.5, 0.6) is 11.5 Å². The van der Waals surface area contributed by atoms with Crippen LogP contribution in [0.1, 0.15) is 16.2 Å². The van der Waals surface area contributed by atoms with Crippen LogP contribution in [0.4, 0.5) is 5.69 Å². The van der Waals surface area contributed by atoms with Gasteiger partial charge in [-0.25, -0.2) is 0 Å². The summed E-state index contributed by atoms with van der Waals surface area (Å²) in [6, 6.07) is 21.2. The summed E-state index contributed by atoms with van der Waals surface area (Å²) in [6.07, 6.45) is 0. The van der Waals surface area contributed by atoms with E-state index in [9.17, 15) is 4.79 Å². The maximum atomic E-state index is 11.9. The first kappa shape index (κ1) is 16.6. The molecule has 2 N–H and O–H groups in total. The Bertz CT molecular complexity index is 841. The molecule has 0 unspecified atom stereocenters. The van der Waals surface area contributed by atoms with E-state index in [1.807, 2.05) is 60.7 Å². The van der Waals surface area contributed by atoms with Gasteiger partial charge in [-0.1, -0.05) is 24.3 Å². The van der Waals surface area contributed by atoms with Gasteiger partial charge in [0.15, 0.2) is 0 Å². The number of ether oxygens (including phenoxy) is 1. The second-order valence-corrected chi connectivity index (χ2v) is 5.89. The van der Waals surface area contributed by atoms with E-state index in [2.05, 4.69) is 10.3 Å². The molecule has 0 aliphatic rings. The maximum absolute atomic E-state index is 11.9. The summed E-state index contributed by atoms with van der Waals surface area (Å²) in [5.41, 5.74) is 2.48. The van der Waals surface area contributed by atoms with Crippen molar-refractivity contribution in [2.24, 2.45) is 0 Å². The Hall–Kier alpha value is -3.21. The molecule has 3 rings (SSSR count). The zero-order chi connectivity index (χ0) is 17.6. The lowest BCUT2D eigenvalue weighted by Gasteiger charge is -2.10. The van der Waals surface area contributed by atoms with Gasteiger partial charge in [0.2, 0.25) is 0 Å². The highest BCUT2D eigenvalue weighted by Crippen LogP contribution is 2.24. The molecular formula is C20H21N3O2. The number of carbonyl (C=O) groups excluding carboxylic acids is 1. The molecule has 1 heterocycles. The van der Waals surface area contributed by atoms with E-state index in [-0.39, 0.29) is 5.91 Å². The Kier molecular flexibility index (Phi) is 5.04. The average molecular weight is 335 g/mol. The molecule has 1 amide bonds. The van der Waals surface area contributed by atoms with Crippen LogP contribution in [0, 0.1) is 0 Å². The van der Waals surface area contributed by atoms with E-state index in [1.165, 1.54) is 0 Å². The van der Waals surface area contributed by atoms with Crippen molar-refractivity contribution in [3.63, 3.8) is 0 Å². The number of aromatic amines is 1. The summed E-state index contributed by atoms with van der Waals surface area (Å²) < 4.78 is 5.83. The summed E-state index contributed by atoms with van der Waals surface area (Å²) in [5, 5.41) is 3.33. The Morgan fingerprint density at radius 3 is 2.52 bits per heavy atom. The van der Waals surface area contributed by atoms with Gasteiger partial charge in [-0.3, -0.25) is 4.79 Å². The first-order chi connectivity index (χ1) is 12.1. The van der Waals surface area contributed by atoms with E-state index in [0.717, 1.165) is 22.9 Å². The molecule has 0 radical (unpaired) electrons. The molecule has 0 atom stereocenters. The predicted octanol–water partition coefficient (Wildman–Crippen LogP) is 4.12. The van der Waals surface area contributed by atoms with Gasteiger partial charge in [-0.2, -0.15) is 0 Å². The van der Waals surface area contributed by atoms with Gasteiger partial charge in [0.25, 0.3) is 5.91 Å². The van der Waals surface area contributed by atoms with Gasteiger partial charge in [-0.15, -0.1) is 0 Å². The second kappa shape index (κ2) is 7.57. The molecule has 0 bridgehead atoms. The monoisotopic (exact) mass is 335 g/mol. The fraction of sp³-hybridized carbons (Fsp3) is 0.150. The Morgan fingerprint density at radius 1 is 1.00 bits per heavy atom. The minimum Gasteiger partial charge on any atom is -0.457 e. The maximum Gasteiger partial charge on any atom is 0.269 e. The van der Waals surface area contributed by atoms with E-state index in [4.69, 9.17) is 4.74 Å². The number of aromatic nitrogens is 1. The smallest absolute Gasteiger partial charge is 0.269 e. The van der Waals surface area contributed by atoms with Crippen LogP contribution in [0.25, 0.3) is 0 Å². The number of H-pyrrole nitrogens is 1. The predicted molar refractivity (Wildman–Crippen MR) is 99.1 cm³/mol. The highest BCUT2D eigenvalue weighted by Gasteiger charge is 2.10. The first-order valence-corrected chi connectivity index (χ1v) is 8.08. The number of para-hydroxylation sites is 1. The van der Waals surface area contributed by atoms with E-state index in [1.54, 1.807) is 25.1 Å². The fourth-order valence-electron chi connectivity index (χ4n) is 2.40. The molecule has 0 saturated heterocycles. The molecule has 128 valence electrons. The normalized spacial score (nSPS) is 10.3. The molecule has 5 nitrogen and oxygen atoms in total. The van der Waals surface area contributed by atoms with Crippen LogP contribution in [0.15, 0.2) is 66.7 Å². The molecule has 0 spiro atoms. The van der Waals surface area contributed by atoms with Crippen LogP contribution < -0.4 is 10.1 Å². The SMILES string of the molecule is CN(C)C(=O)c1ccc(CNc2cccc(Oc3ccccc3)c2)[nH]1. The number of hydrogen-bond acceptors (Lipinski definition) is 3. The zero-order valence-corrected chi connectivity index (χ0v) is 14.3. The molecule has 2 aromatic carbocycles. The number of benzene rings is 2. The van der Waals surface area contributed by atoms with Crippen LogP contribution in [-0.2, 0) is 6.54 Å². The van der Waals surface area contributed by atoms with Gasteiger partial charge in [-0.05, 0) is 36.4 Å². The van der Waals surface area contributed by atoms with Crippen LogP contribution in [0.2, 0.25) is 0 Å². The minimum atomic E-state index is -0.0375. The summed E-state index contributed by atoms with van der Waals surface area (Å²) in [4.78, 5) is 16.6. The van der Waals surface area contributed by atoms with Crippen LogP contribution in [0.3, 0.4) is 0 Å². The van der Waals surface area contributed by atoms with Gasteiger partial charge >= 0.3 is 0 Å². The van der Waals surface area contributed by atoms with Gasteiger partial charge in [0, 0.05) is 31.5 Å². The number of nitrogens with one attached hydrogen (secondary N) is 2. The van der Waals surface area contributed by atoms with Crippen molar-refractivity contribution in [1.82, 2.24) is 9.88 Å². The quantitative estimate of drug-likeness (QED) is 0.712. The number of anilines is 1. The van der Waals surface area contributed by atoms with Gasteiger partial charge in [0.05, 0.1) is 6.54 Å². The third kappa shape index (κ3) is 4.41. The summed E-state index contributed by atoms with van der Waals surface area (Å²) in [5.74, 6) is 1.53. The summed E-state index contributed by atoms with van der Waals surface area (Å²) >= 11 is 0. The third-order valence-electron chi connectivity index (χ3n) is 3.68. The largest absolute Gasteiger partial charge is 0.457 e. The number of rotatable bonds is 6. The molecule has 0 saturated carbocycles. The Labute approximate surface area is 147 Å². The molecule has 0 aliphatic heterocycles. The van der Waals surface area contributed by atoms with E-state index < -0.39 is 0 Å². The van der Waals surface area contributed by atoms with Crippen LogP contribution in [-0.4, -0.2) is 29.9 Å². The number of carbonyl (C=O) groups is 1. The highest BCUT2D eigenvalue weighted by molar-refractivity contribution is 5.92. The first-order valence-electron chi connectivity index (χ1n) is 8.08. The van der Waals surface area contributed by atoms with Crippen molar-refractivity contribution in [1.29, 1.82) is 0 Å². The third-order valence-corrected chi connectivity index (χ3v) is 3.68. The Morgan fingerprint density at radius 2 is 1.76 bits per heavy atom. The lowest BCUT2D eigenvalue weighted by molar-refractivity contribution is 0.0822.